The molecule has 1 aliphatic carbocycles. The van der Waals surface area contributed by atoms with Crippen LogP contribution in [0.5, 0.6) is 5.75 Å². The summed E-state index contributed by atoms with van der Waals surface area (Å²) in [5.41, 5.74) is 8.19. The molecule has 0 radical (unpaired) electrons. The molecule has 3 N–H and O–H groups in total. The summed E-state index contributed by atoms with van der Waals surface area (Å²) in [5.74, 6) is 1.23. The third kappa shape index (κ3) is 3.90. The van der Waals surface area contributed by atoms with Crippen LogP contribution in [0.1, 0.15) is 51.2 Å². The highest BCUT2D eigenvalue weighted by atomic mass is 16.5. The van der Waals surface area contributed by atoms with Crippen molar-refractivity contribution in [3.63, 3.8) is 0 Å². The molecule has 0 spiro atoms. The maximum absolute atomic E-state index is 8.71. The first-order valence-corrected chi connectivity index (χ1v) is 7.46. The number of aryl methyl sites for hydroxylation is 1. The minimum absolute atomic E-state index is 0.0453. The van der Waals surface area contributed by atoms with E-state index in [9.17, 15) is 0 Å². The molecular weight excluding hydrogens is 264 g/mol. The summed E-state index contributed by atoms with van der Waals surface area (Å²) in [7, 11) is 0. The van der Waals surface area contributed by atoms with E-state index in [0.717, 1.165) is 18.6 Å². The van der Waals surface area contributed by atoms with Gasteiger partial charge in [-0.3, -0.25) is 0 Å². The summed E-state index contributed by atoms with van der Waals surface area (Å²) in [6, 6.07) is 6.32. The smallest absolute Gasteiger partial charge is 0.139 e. The molecule has 0 amide bonds. The maximum atomic E-state index is 8.71. The van der Waals surface area contributed by atoms with Gasteiger partial charge in [0.15, 0.2) is 0 Å². The van der Waals surface area contributed by atoms with Crippen LogP contribution in [-0.2, 0) is 5.41 Å². The van der Waals surface area contributed by atoms with Crippen molar-refractivity contribution in [3.8, 4) is 5.75 Å². The van der Waals surface area contributed by atoms with Gasteiger partial charge in [0.2, 0.25) is 0 Å². The zero-order chi connectivity index (χ0) is 15.7. The fourth-order valence-corrected chi connectivity index (χ4v) is 2.56. The van der Waals surface area contributed by atoms with Crippen molar-refractivity contribution in [1.29, 1.82) is 0 Å². The Balaban J connectivity index is 2.11. The molecular formula is C17H26N2O2. The van der Waals surface area contributed by atoms with Gasteiger partial charge in [-0.25, -0.2) is 0 Å². The lowest BCUT2D eigenvalue weighted by molar-refractivity contribution is 0.231. The van der Waals surface area contributed by atoms with Crippen LogP contribution < -0.4 is 10.5 Å². The quantitative estimate of drug-likeness (QED) is 0.377. The second-order valence-corrected chi connectivity index (χ2v) is 7.31. The van der Waals surface area contributed by atoms with Gasteiger partial charge < -0.3 is 15.7 Å². The van der Waals surface area contributed by atoms with E-state index in [1.807, 2.05) is 0 Å². The summed E-state index contributed by atoms with van der Waals surface area (Å²) in [4.78, 5) is 0. The molecule has 0 heterocycles. The zero-order valence-electron chi connectivity index (χ0n) is 13.4. The monoisotopic (exact) mass is 290 g/mol. The van der Waals surface area contributed by atoms with Crippen molar-refractivity contribution < 1.29 is 9.94 Å². The Morgan fingerprint density at radius 3 is 2.57 bits per heavy atom. The highest BCUT2D eigenvalue weighted by Gasteiger charge is 2.44. The molecule has 1 aromatic rings. The fourth-order valence-electron chi connectivity index (χ4n) is 2.56. The summed E-state index contributed by atoms with van der Waals surface area (Å²) < 4.78 is 6.10. The lowest BCUT2D eigenvalue weighted by Gasteiger charge is -2.25. The number of nitrogens with zero attached hydrogens (tertiary/aromatic N) is 1. The SMILES string of the molecule is Cc1ccc(OCC2(CC(N)=NO)CC2)c(C(C)(C)C)c1. The van der Waals surface area contributed by atoms with Crippen molar-refractivity contribution >= 4 is 5.84 Å². The fraction of sp³-hybridized carbons (Fsp3) is 0.588. The van der Waals surface area contributed by atoms with Gasteiger partial charge in [0.05, 0.1) is 6.61 Å². The summed E-state index contributed by atoms with van der Waals surface area (Å²) in [5, 5.41) is 11.8. The van der Waals surface area contributed by atoms with Crippen molar-refractivity contribution in [3.05, 3.63) is 29.3 Å². The molecule has 21 heavy (non-hydrogen) atoms. The van der Waals surface area contributed by atoms with Crippen molar-refractivity contribution in [2.45, 2.75) is 52.4 Å². The molecule has 0 unspecified atom stereocenters. The molecule has 4 nitrogen and oxygen atoms in total. The first-order valence-electron chi connectivity index (χ1n) is 7.46. The van der Waals surface area contributed by atoms with Crippen LogP contribution in [0.3, 0.4) is 0 Å². The first kappa shape index (κ1) is 15.7. The number of oxime groups is 1. The topological polar surface area (TPSA) is 67.8 Å². The van der Waals surface area contributed by atoms with Crippen LogP contribution in [0.15, 0.2) is 23.4 Å². The van der Waals surface area contributed by atoms with Crippen LogP contribution in [0.2, 0.25) is 0 Å². The molecule has 1 fully saturated rings. The molecule has 2 rings (SSSR count). The maximum Gasteiger partial charge on any atom is 0.139 e. The van der Waals surface area contributed by atoms with E-state index >= 15 is 0 Å². The average molecular weight is 290 g/mol. The summed E-state index contributed by atoms with van der Waals surface area (Å²) in [6.07, 6.45) is 2.74. The first-order chi connectivity index (χ1) is 9.76. The number of benzene rings is 1. The molecule has 116 valence electrons. The lowest BCUT2D eigenvalue weighted by atomic mass is 9.85. The molecule has 1 aliphatic rings. The minimum Gasteiger partial charge on any atom is -0.493 e. The third-order valence-electron chi connectivity index (χ3n) is 4.12. The number of hydrogen-bond donors (Lipinski definition) is 2. The van der Waals surface area contributed by atoms with Gasteiger partial charge in [-0.1, -0.05) is 43.6 Å². The van der Waals surface area contributed by atoms with E-state index in [4.69, 9.17) is 15.7 Å². The van der Waals surface area contributed by atoms with Crippen molar-refractivity contribution in [1.82, 2.24) is 0 Å². The third-order valence-corrected chi connectivity index (χ3v) is 4.12. The average Bonchev–Trinajstić information content (AvgIpc) is 3.16. The largest absolute Gasteiger partial charge is 0.493 e. The Hall–Kier alpha value is -1.71. The Morgan fingerprint density at radius 2 is 2.05 bits per heavy atom. The van der Waals surface area contributed by atoms with E-state index in [0.29, 0.717) is 13.0 Å². The summed E-state index contributed by atoms with van der Waals surface area (Å²) >= 11 is 0. The van der Waals surface area contributed by atoms with Crippen LogP contribution >= 0.6 is 0 Å². The second kappa shape index (κ2) is 5.58. The Kier molecular flexibility index (Phi) is 4.17. The van der Waals surface area contributed by atoms with Crippen LogP contribution in [0.25, 0.3) is 0 Å². The van der Waals surface area contributed by atoms with Crippen molar-refractivity contribution in [2.75, 3.05) is 6.61 Å². The van der Waals surface area contributed by atoms with Crippen LogP contribution in [0, 0.1) is 12.3 Å². The van der Waals surface area contributed by atoms with E-state index in [-0.39, 0.29) is 16.7 Å². The second-order valence-electron chi connectivity index (χ2n) is 7.31. The number of nitrogens with two attached hydrogens (primary N) is 1. The highest BCUT2D eigenvalue weighted by molar-refractivity contribution is 5.80. The molecule has 4 heteroatoms. The van der Waals surface area contributed by atoms with Gasteiger partial charge in [0.1, 0.15) is 11.6 Å². The minimum atomic E-state index is 0.0453. The summed E-state index contributed by atoms with van der Waals surface area (Å²) in [6.45, 7) is 9.29. The Morgan fingerprint density at radius 1 is 1.38 bits per heavy atom. The van der Waals surface area contributed by atoms with Gasteiger partial charge >= 0.3 is 0 Å². The molecule has 1 saturated carbocycles. The normalized spacial score (nSPS) is 17.6. The predicted octanol–water partition coefficient (Wildman–Crippen LogP) is 3.59. The van der Waals surface area contributed by atoms with Crippen LogP contribution in [-0.4, -0.2) is 17.6 Å². The van der Waals surface area contributed by atoms with Gasteiger partial charge in [-0.2, -0.15) is 0 Å². The van der Waals surface area contributed by atoms with Gasteiger partial charge in [0.25, 0.3) is 0 Å². The van der Waals surface area contributed by atoms with E-state index in [1.165, 1.54) is 11.1 Å². The molecule has 0 bridgehead atoms. The molecule has 0 aromatic heterocycles. The highest BCUT2D eigenvalue weighted by Crippen LogP contribution is 2.49. The molecule has 0 atom stereocenters. The van der Waals surface area contributed by atoms with Gasteiger partial charge in [-0.15, -0.1) is 0 Å². The zero-order valence-corrected chi connectivity index (χ0v) is 13.4. The molecule has 0 saturated heterocycles. The Bertz CT molecular complexity index is 540. The van der Waals surface area contributed by atoms with Crippen LogP contribution in [0.4, 0.5) is 0 Å². The number of ether oxygens (including phenoxy) is 1. The lowest BCUT2D eigenvalue weighted by Crippen LogP contribution is -2.23. The predicted molar refractivity (Wildman–Crippen MR) is 85.1 cm³/mol. The Labute approximate surface area is 127 Å². The van der Waals surface area contributed by atoms with E-state index in [2.05, 4.69) is 51.0 Å². The van der Waals surface area contributed by atoms with E-state index in [1.54, 1.807) is 0 Å². The van der Waals surface area contributed by atoms with Gasteiger partial charge in [0, 0.05) is 11.8 Å². The van der Waals surface area contributed by atoms with E-state index < -0.39 is 0 Å². The molecule has 0 aliphatic heterocycles. The van der Waals surface area contributed by atoms with Gasteiger partial charge in [-0.05, 0) is 36.8 Å². The molecule has 1 aromatic carbocycles. The standard InChI is InChI=1S/C17H26N2O2/c1-12-5-6-14(13(9-12)16(2,3)4)21-11-17(7-8-17)10-15(18)19-20/h5-6,9,20H,7-8,10-11H2,1-4H3,(H2,18,19). The number of amidine groups is 1. The van der Waals surface area contributed by atoms with Crippen molar-refractivity contribution in [2.24, 2.45) is 16.3 Å². The number of rotatable bonds is 5. The number of hydrogen-bond acceptors (Lipinski definition) is 3.